The van der Waals surface area contributed by atoms with Crippen molar-refractivity contribution in [3.8, 4) is 11.6 Å². The zero-order chi connectivity index (χ0) is 21.0. The van der Waals surface area contributed by atoms with E-state index in [4.69, 9.17) is 28.0 Å². The van der Waals surface area contributed by atoms with Crippen molar-refractivity contribution in [2.45, 2.75) is 57.9 Å². The van der Waals surface area contributed by atoms with Gasteiger partial charge in [-0.25, -0.2) is 4.57 Å². The third kappa shape index (κ3) is 4.58. The SMILES string of the molecule is CCOP(=O)(C#CC[C@@H]1C(=O)C=C[C@H]2O[C@](C)(OC)[C@@](C)(OC)O[C@H]12)OCC. The molecule has 2 aliphatic rings. The van der Waals surface area contributed by atoms with Gasteiger partial charge >= 0.3 is 7.60 Å². The Hall–Kier alpha value is -1.04. The molecule has 0 spiro atoms. The van der Waals surface area contributed by atoms with E-state index in [2.05, 4.69) is 11.6 Å². The maximum absolute atomic E-state index is 12.5. The predicted molar refractivity (Wildman–Crippen MR) is 101 cm³/mol. The fraction of sp³-hybridized carbons (Fsp3) is 0.737. The summed E-state index contributed by atoms with van der Waals surface area (Å²) in [4.78, 5) is 12.5. The summed E-state index contributed by atoms with van der Waals surface area (Å²) >= 11 is 0. The van der Waals surface area contributed by atoms with Gasteiger partial charge in [0, 0.05) is 26.3 Å². The van der Waals surface area contributed by atoms with Crippen LogP contribution < -0.4 is 0 Å². The summed E-state index contributed by atoms with van der Waals surface area (Å²) in [5.74, 6) is -0.377. The minimum Gasteiger partial charge on any atom is -0.349 e. The predicted octanol–water partition coefficient (Wildman–Crippen LogP) is 2.87. The van der Waals surface area contributed by atoms with Gasteiger partial charge in [-0.3, -0.25) is 13.8 Å². The van der Waals surface area contributed by atoms with Crippen molar-refractivity contribution in [2.75, 3.05) is 27.4 Å². The molecule has 0 bridgehead atoms. The molecule has 0 aromatic rings. The molecule has 5 atom stereocenters. The van der Waals surface area contributed by atoms with Gasteiger partial charge in [0.2, 0.25) is 11.6 Å². The first-order valence-electron chi connectivity index (χ1n) is 9.24. The van der Waals surface area contributed by atoms with Gasteiger partial charge in [-0.05, 0) is 39.8 Å². The number of ether oxygens (including phenoxy) is 4. The molecule has 1 heterocycles. The highest BCUT2D eigenvalue weighted by Crippen LogP contribution is 2.47. The summed E-state index contributed by atoms with van der Waals surface area (Å²) in [5, 5.41) is 0. The smallest absolute Gasteiger partial charge is 0.349 e. The number of allylic oxidation sites excluding steroid dienone is 1. The number of rotatable bonds is 7. The molecular formula is C19H29O8P. The number of carbonyl (C=O) groups excluding carboxylic acids is 1. The lowest BCUT2D eigenvalue weighted by Gasteiger charge is -2.53. The van der Waals surface area contributed by atoms with Crippen molar-refractivity contribution in [3.05, 3.63) is 12.2 Å². The molecule has 0 saturated carbocycles. The molecule has 1 aliphatic carbocycles. The molecule has 0 radical (unpaired) electrons. The average molecular weight is 416 g/mol. The standard InChI is InChI=1S/C19H29O8P/c1-7-24-28(21,25-8-2)13-9-10-14-15(20)11-12-16-17(14)27-19(4,23-6)18(3,22-5)26-16/h11-12,14,16-17H,7-8,10H2,1-6H3/t14-,16-,17-,18+,19+/m1/s1. The third-order valence-electron chi connectivity index (χ3n) is 5.00. The second-order valence-electron chi connectivity index (χ2n) is 6.66. The van der Waals surface area contributed by atoms with E-state index < -0.39 is 37.3 Å². The molecule has 1 aliphatic heterocycles. The summed E-state index contributed by atoms with van der Waals surface area (Å²) in [7, 11) is -0.524. The van der Waals surface area contributed by atoms with Crippen LogP contribution in [0.15, 0.2) is 12.2 Å². The van der Waals surface area contributed by atoms with Crippen molar-refractivity contribution in [2.24, 2.45) is 5.92 Å². The molecule has 9 heteroatoms. The van der Waals surface area contributed by atoms with Crippen LogP contribution in [0.1, 0.15) is 34.1 Å². The Bertz CT molecular complexity index is 700. The van der Waals surface area contributed by atoms with Crippen molar-refractivity contribution in [1.29, 1.82) is 0 Å². The first-order valence-corrected chi connectivity index (χ1v) is 10.8. The summed E-state index contributed by atoms with van der Waals surface area (Å²) in [5.41, 5.74) is 2.56. The van der Waals surface area contributed by atoms with E-state index in [0.717, 1.165) is 0 Å². The Morgan fingerprint density at radius 2 is 1.68 bits per heavy atom. The van der Waals surface area contributed by atoms with Gasteiger partial charge < -0.3 is 18.9 Å². The van der Waals surface area contributed by atoms with E-state index in [1.807, 2.05) is 0 Å². The first-order chi connectivity index (χ1) is 13.2. The highest BCUT2D eigenvalue weighted by atomic mass is 31.2. The number of ketones is 1. The average Bonchev–Trinajstić information content (AvgIpc) is 2.65. The van der Waals surface area contributed by atoms with Gasteiger partial charge in [-0.2, -0.15) is 0 Å². The van der Waals surface area contributed by atoms with Crippen molar-refractivity contribution >= 4 is 13.4 Å². The molecule has 2 rings (SSSR count). The highest BCUT2D eigenvalue weighted by molar-refractivity contribution is 7.59. The Morgan fingerprint density at radius 3 is 2.21 bits per heavy atom. The van der Waals surface area contributed by atoms with Gasteiger partial charge in [-0.1, -0.05) is 5.92 Å². The largest absolute Gasteiger partial charge is 0.405 e. The summed E-state index contributed by atoms with van der Waals surface area (Å²) in [6, 6.07) is 0. The molecule has 8 nitrogen and oxygen atoms in total. The van der Waals surface area contributed by atoms with Crippen LogP contribution >= 0.6 is 7.60 Å². The highest BCUT2D eigenvalue weighted by Gasteiger charge is 2.58. The van der Waals surface area contributed by atoms with Crippen LogP contribution in [0.3, 0.4) is 0 Å². The number of carbonyl (C=O) groups is 1. The fourth-order valence-electron chi connectivity index (χ4n) is 3.18. The van der Waals surface area contributed by atoms with Gasteiger partial charge in [0.05, 0.1) is 19.1 Å². The van der Waals surface area contributed by atoms with E-state index in [9.17, 15) is 9.36 Å². The van der Waals surface area contributed by atoms with E-state index >= 15 is 0 Å². The molecule has 28 heavy (non-hydrogen) atoms. The second-order valence-corrected chi connectivity index (χ2v) is 8.39. The maximum atomic E-state index is 12.5. The number of hydrogen-bond acceptors (Lipinski definition) is 8. The van der Waals surface area contributed by atoms with Crippen LogP contribution in [0.25, 0.3) is 0 Å². The van der Waals surface area contributed by atoms with Crippen LogP contribution in [0.5, 0.6) is 0 Å². The van der Waals surface area contributed by atoms with Gasteiger partial charge in [-0.15, -0.1) is 0 Å². The van der Waals surface area contributed by atoms with E-state index in [1.54, 1.807) is 33.8 Å². The quantitative estimate of drug-likeness (QED) is 0.462. The molecule has 0 amide bonds. The Balaban J connectivity index is 2.25. The minimum atomic E-state index is -3.51. The van der Waals surface area contributed by atoms with Gasteiger partial charge in [0.25, 0.3) is 0 Å². The molecule has 1 fully saturated rings. The van der Waals surface area contributed by atoms with Crippen molar-refractivity contribution in [3.63, 3.8) is 0 Å². The van der Waals surface area contributed by atoms with Crippen molar-refractivity contribution < 1.29 is 37.4 Å². The monoisotopic (exact) mass is 416 g/mol. The van der Waals surface area contributed by atoms with E-state index in [-0.39, 0.29) is 25.4 Å². The molecule has 0 aromatic carbocycles. The molecule has 0 aromatic heterocycles. The fourth-order valence-corrected chi connectivity index (χ4v) is 4.35. The molecule has 0 N–H and O–H groups in total. The normalized spacial score (nSPS) is 35.2. The lowest BCUT2D eigenvalue weighted by Crippen LogP contribution is -2.67. The van der Waals surface area contributed by atoms with Crippen LogP contribution in [-0.2, 0) is 37.4 Å². The molecule has 1 saturated heterocycles. The van der Waals surface area contributed by atoms with Crippen LogP contribution in [0.4, 0.5) is 0 Å². The molecular weight excluding hydrogens is 387 g/mol. The van der Waals surface area contributed by atoms with E-state index in [0.29, 0.717) is 0 Å². The number of hydrogen-bond donors (Lipinski definition) is 0. The van der Waals surface area contributed by atoms with Gasteiger partial charge in [0.15, 0.2) is 5.78 Å². The molecule has 0 unspecified atom stereocenters. The summed E-state index contributed by atoms with van der Waals surface area (Å²) in [6.07, 6.45) is 2.07. The Morgan fingerprint density at radius 1 is 1.11 bits per heavy atom. The maximum Gasteiger partial charge on any atom is 0.405 e. The van der Waals surface area contributed by atoms with Crippen LogP contribution in [-0.4, -0.2) is 57.0 Å². The summed E-state index contributed by atoms with van der Waals surface area (Å²) in [6.45, 7) is 7.24. The lowest BCUT2D eigenvalue weighted by molar-refractivity contribution is -0.445. The molecule has 158 valence electrons. The Labute approximate surface area is 166 Å². The minimum absolute atomic E-state index is 0.112. The van der Waals surface area contributed by atoms with Gasteiger partial charge in [0.1, 0.15) is 12.2 Å². The van der Waals surface area contributed by atoms with Crippen LogP contribution in [0, 0.1) is 17.5 Å². The Kier molecular flexibility index (Phi) is 7.62. The zero-order valence-electron chi connectivity index (χ0n) is 17.2. The second kappa shape index (κ2) is 9.19. The van der Waals surface area contributed by atoms with E-state index in [1.165, 1.54) is 20.3 Å². The first kappa shape index (κ1) is 23.2. The number of fused-ring (bicyclic) bond motifs is 1. The lowest BCUT2D eigenvalue weighted by atomic mass is 9.84. The van der Waals surface area contributed by atoms with Crippen LogP contribution in [0.2, 0.25) is 0 Å². The topological polar surface area (TPSA) is 89.5 Å². The van der Waals surface area contributed by atoms with Crippen molar-refractivity contribution in [1.82, 2.24) is 0 Å². The third-order valence-corrected chi connectivity index (χ3v) is 6.63. The number of methoxy groups -OCH3 is 2. The summed E-state index contributed by atoms with van der Waals surface area (Å²) < 4.78 is 46.0. The zero-order valence-corrected chi connectivity index (χ0v) is 18.1.